The Morgan fingerprint density at radius 3 is 2.95 bits per heavy atom. The number of methoxy groups -OCH3 is 1. The fourth-order valence-corrected chi connectivity index (χ4v) is 1.98. The standard InChI is InChI=1S/C14H19N3O2/c1-9-10-5-6-15-12(10)16-7-11(9)17-13(18)14(2,3)8-19-4/h5-7H,8H2,1-4H3,(H,15,16)(H,17,18). The fraction of sp³-hybridized carbons (Fsp3) is 0.429. The molecule has 5 nitrogen and oxygen atoms in total. The fourth-order valence-electron chi connectivity index (χ4n) is 1.98. The Labute approximate surface area is 112 Å². The summed E-state index contributed by atoms with van der Waals surface area (Å²) >= 11 is 0. The zero-order chi connectivity index (χ0) is 14.0. The molecule has 0 aliphatic carbocycles. The summed E-state index contributed by atoms with van der Waals surface area (Å²) < 4.78 is 5.07. The Bertz CT molecular complexity index is 602. The number of rotatable bonds is 4. The highest BCUT2D eigenvalue weighted by atomic mass is 16.5. The summed E-state index contributed by atoms with van der Waals surface area (Å²) in [5.41, 5.74) is 2.00. The number of nitrogens with one attached hydrogen (secondary N) is 2. The monoisotopic (exact) mass is 261 g/mol. The van der Waals surface area contributed by atoms with Gasteiger partial charge in [0.15, 0.2) is 0 Å². The average molecular weight is 261 g/mol. The molecular weight excluding hydrogens is 242 g/mol. The van der Waals surface area contributed by atoms with E-state index in [9.17, 15) is 4.79 Å². The maximum atomic E-state index is 12.2. The van der Waals surface area contributed by atoms with Crippen LogP contribution in [-0.4, -0.2) is 29.6 Å². The molecule has 0 fully saturated rings. The summed E-state index contributed by atoms with van der Waals surface area (Å²) in [5.74, 6) is -0.0749. The molecule has 2 rings (SSSR count). The molecule has 0 aromatic carbocycles. The van der Waals surface area contributed by atoms with Gasteiger partial charge in [0.2, 0.25) is 5.91 Å². The summed E-state index contributed by atoms with van der Waals surface area (Å²) in [4.78, 5) is 19.6. The Morgan fingerprint density at radius 2 is 2.26 bits per heavy atom. The van der Waals surface area contributed by atoms with Crippen molar-refractivity contribution < 1.29 is 9.53 Å². The van der Waals surface area contributed by atoms with Gasteiger partial charge in [0.25, 0.3) is 0 Å². The van der Waals surface area contributed by atoms with Gasteiger partial charge in [-0.1, -0.05) is 0 Å². The van der Waals surface area contributed by atoms with Gasteiger partial charge < -0.3 is 15.0 Å². The number of hydrogen-bond donors (Lipinski definition) is 2. The lowest BCUT2D eigenvalue weighted by Gasteiger charge is -2.23. The second-order valence-electron chi connectivity index (χ2n) is 5.31. The van der Waals surface area contributed by atoms with Crippen molar-refractivity contribution in [1.29, 1.82) is 0 Å². The second kappa shape index (κ2) is 5.01. The number of aromatic amines is 1. The summed E-state index contributed by atoms with van der Waals surface area (Å²) in [6, 6.07) is 1.95. The van der Waals surface area contributed by atoms with Crippen molar-refractivity contribution in [2.24, 2.45) is 5.41 Å². The smallest absolute Gasteiger partial charge is 0.232 e. The van der Waals surface area contributed by atoms with Crippen molar-refractivity contribution in [3.63, 3.8) is 0 Å². The van der Waals surface area contributed by atoms with Crippen LogP contribution in [0.4, 0.5) is 5.69 Å². The van der Waals surface area contributed by atoms with Crippen LogP contribution in [0.15, 0.2) is 18.5 Å². The Hall–Kier alpha value is -1.88. The van der Waals surface area contributed by atoms with Crippen LogP contribution in [0, 0.1) is 12.3 Å². The van der Waals surface area contributed by atoms with Crippen LogP contribution in [0.5, 0.6) is 0 Å². The van der Waals surface area contributed by atoms with E-state index in [4.69, 9.17) is 4.74 Å². The molecule has 19 heavy (non-hydrogen) atoms. The van der Waals surface area contributed by atoms with Crippen molar-refractivity contribution in [3.8, 4) is 0 Å². The van der Waals surface area contributed by atoms with Gasteiger partial charge in [-0.25, -0.2) is 4.98 Å². The third-order valence-corrected chi connectivity index (χ3v) is 3.22. The number of hydrogen-bond acceptors (Lipinski definition) is 3. The van der Waals surface area contributed by atoms with Crippen LogP contribution in [0.3, 0.4) is 0 Å². The lowest BCUT2D eigenvalue weighted by molar-refractivity contribution is -0.126. The van der Waals surface area contributed by atoms with E-state index in [-0.39, 0.29) is 5.91 Å². The molecule has 0 spiro atoms. The van der Waals surface area contributed by atoms with Crippen LogP contribution >= 0.6 is 0 Å². The van der Waals surface area contributed by atoms with Gasteiger partial charge in [-0.15, -0.1) is 0 Å². The number of fused-ring (bicyclic) bond motifs is 1. The molecule has 0 radical (unpaired) electrons. The van der Waals surface area contributed by atoms with Gasteiger partial charge >= 0.3 is 0 Å². The molecule has 0 saturated carbocycles. The number of aromatic nitrogens is 2. The first-order valence-corrected chi connectivity index (χ1v) is 6.19. The number of nitrogens with zero attached hydrogens (tertiary/aromatic N) is 1. The summed E-state index contributed by atoms with van der Waals surface area (Å²) in [6.45, 7) is 6.04. The third kappa shape index (κ3) is 2.61. The highest BCUT2D eigenvalue weighted by Gasteiger charge is 2.28. The first-order chi connectivity index (χ1) is 8.95. The lowest BCUT2D eigenvalue weighted by atomic mass is 9.93. The van der Waals surface area contributed by atoms with Gasteiger partial charge in [0.05, 0.1) is 23.9 Å². The highest BCUT2D eigenvalue weighted by molar-refractivity contribution is 5.97. The van der Waals surface area contributed by atoms with Gasteiger partial charge in [-0.3, -0.25) is 4.79 Å². The predicted octanol–water partition coefficient (Wildman–Crippen LogP) is 2.48. The maximum Gasteiger partial charge on any atom is 0.232 e. The van der Waals surface area contributed by atoms with E-state index in [2.05, 4.69) is 15.3 Å². The van der Waals surface area contributed by atoms with E-state index in [0.717, 1.165) is 22.3 Å². The van der Waals surface area contributed by atoms with Crippen LogP contribution in [-0.2, 0) is 9.53 Å². The molecule has 0 bridgehead atoms. The van der Waals surface area contributed by atoms with E-state index in [1.165, 1.54) is 0 Å². The SMILES string of the molecule is COCC(C)(C)C(=O)Nc1cnc2[nH]ccc2c1C. The van der Waals surface area contributed by atoms with E-state index in [0.29, 0.717) is 6.61 Å². The first kappa shape index (κ1) is 13.5. The molecule has 2 N–H and O–H groups in total. The molecule has 2 aromatic heterocycles. The predicted molar refractivity (Wildman–Crippen MR) is 75.1 cm³/mol. The van der Waals surface area contributed by atoms with Gasteiger partial charge in [-0.05, 0) is 32.4 Å². The summed E-state index contributed by atoms with van der Waals surface area (Å²) in [6.07, 6.45) is 3.51. The summed E-state index contributed by atoms with van der Waals surface area (Å²) in [7, 11) is 1.59. The van der Waals surface area contributed by atoms with Gasteiger partial charge in [0.1, 0.15) is 5.65 Å². The minimum Gasteiger partial charge on any atom is -0.384 e. The molecule has 0 unspecified atom stereocenters. The number of carbonyl (C=O) groups excluding carboxylic acids is 1. The first-order valence-electron chi connectivity index (χ1n) is 6.19. The van der Waals surface area contributed by atoms with E-state index in [1.54, 1.807) is 13.3 Å². The van der Waals surface area contributed by atoms with Crippen LogP contribution in [0.2, 0.25) is 0 Å². The second-order valence-corrected chi connectivity index (χ2v) is 5.31. The molecule has 0 aliphatic rings. The Kier molecular flexibility index (Phi) is 3.57. The molecule has 5 heteroatoms. The van der Waals surface area contributed by atoms with Crippen LogP contribution in [0.1, 0.15) is 19.4 Å². The normalized spacial score (nSPS) is 11.8. The van der Waals surface area contributed by atoms with Crippen molar-refractivity contribution in [3.05, 3.63) is 24.0 Å². The molecule has 1 amide bonds. The van der Waals surface area contributed by atoms with E-state index < -0.39 is 5.41 Å². The van der Waals surface area contributed by atoms with Gasteiger partial charge in [-0.2, -0.15) is 0 Å². The maximum absolute atomic E-state index is 12.2. The number of H-pyrrole nitrogens is 1. The average Bonchev–Trinajstić information content (AvgIpc) is 2.81. The molecular formula is C14H19N3O2. The van der Waals surface area contributed by atoms with Gasteiger partial charge in [0, 0.05) is 18.7 Å². The quantitative estimate of drug-likeness (QED) is 0.888. The number of carbonyl (C=O) groups is 1. The minimum atomic E-state index is -0.575. The molecule has 0 atom stereocenters. The zero-order valence-electron chi connectivity index (χ0n) is 11.7. The minimum absolute atomic E-state index is 0.0749. The Morgan fingerprint density at radius 1 is 1.53 bits per heavy atom. The third-order valence-electron chi connectivity index (χ3n) is 3.22. The van der Waals surface area contributed by atoms with Crippen molar-refractivity contribution >= 4 is 22.6 Å². The molecule has 2 aromatic rings. The van der Waals surface area contributed by atoms with Crippen LogP contribution < -0.4 is 5.32 Å². The molecule has 102 valence electrons. The largest absolute Gasteiger partial charge is 0.384 e. The van der Waals surface area contributed by atoms with E-state index >= 15 is 0 Å². The molecule has 0 saturated heterocycles. The molecule has 2 heterocycles. The zero-order valence-corrected chi connectivity index (χ0v) is 11.7. The number of aryl methyl sites for hydroxylation is 1. The topological polar surface area (TPSA) is 67.0 Å². The highest BCUT2D eigenvalue weighted by Crippen LogP contribution is 2.25. The lowest BCUT2D eigenvalue weighted by Crippen LogP contribution is -2.34. The number of ether oxygens (including phenoxy) is 1. The number of anilines is 1. The number of amides is 1. The Balaban J connectivity index is 2.26. The molecule has 0 aliphatic heterocycles. The van der Waals surface area contributed by atoms with Crippen molar-refractivity contribution in [1.82, 2.24) is 9.97 Å². The van der Waals surface area contributed by atoms with Crippen molar-refractivity contribution in [2.45, 2.75) is 20.8 Å². The van der Waals surface area contributed by atoms with E-state index in [1.807, 2.05) is 33.0 Å². The van der Waals surface area contributed by atoms with Crippen LogP contribution in [0.25, 0.3) is 11.0 Å². The number of pyridine rings is 1. The summed E-state index contributed by atoms with van der Waals surface area (Å²) in [5, 5.41) is 3.94. The van der Waals surface area contributed by atoms with Crippen molar-refractivity contribution in [2.75, 3.05) is 19.0 Å².